The Balaban J connectivity index is 0.00000220. The number of para-hydroxylation sites is 1. The summed E-state index contributed by atoms with van der Waals surface area (Å²) < 4.78 is 0. The highest BCUT2D eigenvalue weighted by Gasteiger charge is 2.36. The van der Waals surface area contributed by atoms with E-state index in [1.807, 2.05) is 13.8 Å². The maximum Gasteiger partial charge on any atom is 0.282 e. The SMILES string of the molecule is CC1(C)CN(C(=O)c2ccccc2[N+](=O)[O-])CCC1N.Cl. The summed E-state index contributed by atoms with van der Waals surface area (Å²) in [6, 6.07) is 6.10. The van der Waals surface area contributed by atoms with Crippen molar-refractivity contribution in [2.24, 2.45) is 11.1 Å². The van der Waals surface area contributed by atoms with Crippen molar-refractivity contribution < 1.29 is 9.72 Å². The van der Waals surface area contributed by atoms with E-state index >= 15 is 0 Å². The zero-order chi connectivity index (χ0) is 14.9. The molecule has 1 fully saturated rings. The van der Waals surface area contributed by atoms with Gasteiger partial charge in [-0.05, 0) is 17.9 Å². The maximum atomic E-state index is 12.5. The molecule has 0 radical (unpaired) electrons. The number of hydrogen-bond acceptors (Lipinski definition) is 4. The Kier molecular flexibility index (Phi) is 5.31. The summed E-state index contributed by atoms with van der Waals surface area (Å²) in [5.74, 6) is -0.294. The molecule has 21 heavy (non-hydrogen) atoms. The molecule has 116 valence electrons. The van der Waals surface area contributed by atoms with Gasteiger partial charge in [0.05, 0.1) is 4.92 Å². The fraction of sp³-hybridized carbons (Fsp3) is 0.500. The molecule has 6 nitrogen and oxygen atoms in total. The molecule has 1 unspecified atom stereocenters. The molecule has 2 N–H and O–H groups in total. The summed E-state index contributed by atoms with van der Waals surface area (Å²) in [6.45, 7) is 5.07. The number of nitro groups is 1. The normalized spacial score (nSPS) is 20.5. The van der Waals surface area contributed by atoms with Crippen molar-refractivity contribution in [2.45, 2.75) is 26.3 Å². The minimum Gasteiger partial charge on any atom is -0.338 e. The third-order valence-electron chi connectivity index (χ3n) is 3.93. The van der Waals surface area contributed by atoms with Crippen LogP contribution in [0.3, 0.4) is 0 Å². The van der Waals surface area contributed by atoms with Crippen molar-refractivity contribution in [3.8, 4) is 0 Å². The Hall–Kier alpha value is -1.66. The first-order valence-corrected chi connectivity index (χ1v) is 6.61. The van der Waals surface area contributed by atoms with Crippen LogP contribution in [-0.4, -0.2) is 34.9 Å². The molecular weight excluding hydrogens is 294 g/mol. The van der Waals surface area contributed by atoms with Gasteiger partial charge >= 0.3 is 0 Å². The molecule has 0 bridgehead atoms. The number of amides is 1. The Labute approximate surface area is 129 Å². The van der Waals surface area contributed by atoms with E-state index in [2.05, 4.69) is 0 Å². The van der Waals surface area contributed by atoms with Gasteiger partial charge in [-0.1, -0.05) is 26.0 Å². The second-order valence-corrected chi connectivity index (χ2v) is 5.88. The predicted octanol–water partition coefficient (Wildman–Crippen LogP) is 2.22. The molecule has 0 aromatic heterocycles. The first-order chi connectivity index (χ1) is 9.33. The molecule has 1 aliphatic heterocycles. The largest absolute Gasteiger partial charge is 0.338 e. The lowest BCUT2D eigenvalue weighted by atomic mass is 9.79. The lowest BCUT2D eigenvalue weighted by Crippen LogP contribution is -2.54. The van der Waals surface area contributed by atoms with E-state index in [0.717, 1.165) is 0 Å². The lowest BCUT2D eigenvalue weighted by molar-refractivity contribution is -0.385. The maximum absolute atomic E-state index is 12.5. The van der Waals surface area contributed by atoms with Crippen LogP contribution in [0.15, 0.2) is 24.3 Å². The van der Waals surface area contributed by atoms with Gasteiger partial charge in [-0.3, -0.25) is 14.9 Å². The highest BCUT2D eigenvalue weighted by atomic mass is 35.5. The van der Waals surface area contributed by atoms with Crippen LogP contribution in [0.2, 0.25) is 0 Å². The molecule has 1 aromatic rings. The molecule has 7 heteroatoms. The number of hydrogen-bond donors (Lipinski definition) is 1. The molecule has 1 saturated heterocycles. The summed E-state index contributed by atoms with van der Waals surface area (Å²) in [7, 11) is 0. The fourth-order valence-corrected chi connectivity index (χ4v) is 2.53. The standard InChI is InChI=1S/C14H19N3O3.ClH/c1-14(2)9-16(8-7-12(14)15)13(18)10-5-3-4-6-11(10)17(19)20;/h3-6,12H,7-9,15H2,1-2H3;1H. The number of benzene rings is 1. The summed E-state index contributed by atoms with van der Waals surface area (Å²) in [4.78, 5) is 24.6. The zero-order valence-electron chi connectivity index (χ0n) is 12.1. The molecule has 1 heterocycles. The number of likely N-dealkylation sites (tertiary alicyclic amines) is 1. The quantitative estimate of drug-likeness (QED) is 0.669. The van der Waals surface area contributed by atoms with Crippen molar-refractivity contribution in [3.63, 3.8) is 0 Å². The van der Waals surface area contributed by atoms with Crippen LogP contribution in [0.25, 0.3) is 0 Å². The van der Waals surface area contributed by atoms with Crippen molar-refractivity contribution in [2.75, 3.05) is 13.1 Å². The van der Waals surface area contributed by atoms with Gasteiger partial charge < -0.3 is 10.6 Å². The topological polar surface area (TPSA) is 89.5 Å². The number of carbonyl (C=O) groups is 1. The van der Waals surface area contributed by atoms with Gasteiger partial charge in [0, 0.05) is 25.2 Å². The molecule has 1 atom stereocenters. The molecule has 0 spiro atoms. The molecule has 0 saturated carbocycles. The molecule has 1 aliphatic rings. The highest BCUT2D eigenvalue weighted by Crippen LogP contribution is 2.29. The molecule has 0 aliphatic carbocycles. The predicted molar refractivity (Wildman–Crippen MR) is 82.6 cm³/mol. The van der Waals surface area contributed by atoms with Gasteiger partial charge in [0.25, 0.3) is 11.6 Å². The minimum atomic E-state index is -0.520. The average molecular weight is 314 g/mol. The van der Waals surface area contributed by atoms with Gasteiger partial charge in [-0.2, -0.15) is 0 Å². The van der Waals surface area contributed by atoms with Gasteiger partial charge in [-0.25, -0.2) is 0 Å². The van der Waals surface area contributed by atoms with Crippen molar-refractivity contribution >= 4 is 24.0 Å². The first-order valence-electron chi connectivity index (χ1n) is 6.61. The second kappa shape index (κ2) is 6.41. The van der Waals surface area contributed by atoms with Gasteiger partial charge in [0.2, 0.25) is 0 Å². The summed E-state index contributed by atoms with van der Waals surface area (Å²) >= 11 is 0. The molecule has 1 aromatic carbocycles. The number of nitro benzene ring substituents is 1. The highest BCUT2D eigenvalue weighted by molar-refractivity contribution is 5.98. The number of nitrogens with zero attached hydrogens (tertiary/aromatic N) is 2. The van der Waals surface area contributed by atoms with Crippen LogP contribution in [0.5, 0.6) is 0 Å². The van der Waals surface area contributed by atoms with Gasteiger partial charge in [0.15, 0.2) is 0 Å². The van der Waals surface area contributed by atoms with E-state index in [0.29, 0.717) is 19.5 Å². The van der Waals surface area contributed by atoms with E-state index in [1.165, 1.54) is 12.1 Å². The van der Waals surface area contributed by atoms with Gasteiger partial charge in [0.1, 0.15) is 5.56 Å². The van der Waals surface area contributed by atoms with Crippen LogP contribution in [0.1, 0.15) is 30.6 Å². The number of carbonyl (C=O) groups excluding carboxylic acids is 1. The summed E-state index contributed by atoms with van der Waals surface area (Å²) in [5, 5.41) is 11.0. The first kappa shape index (κ1) is 17.4. The van der Waals surface area contributed by atoms with E-state index in [9.17, 15) is 14.9 Å². The van der Waals surface area contributed by atoms with Crippen LogP contribution in [0.4, 0.5) is 5.69 Å². The number of piperidine rings is 1. The Morgan fingerprint density at radius 2 is 2.05 bits per heavy atom. The van der Waals surface area contributed by atoms with E-state index in [1.54, 1.807) is 17.0 Å². The van der Waals surface area contributed by atoms with Crippen molar-refractivity contribution in [1.29, 1.82) is 0 Å². The number of nitrogens with two attached hydrogens (primary N) is 1. The Bertz CT molecular complexity index is 548. The Morgan fingerprint density at radius 1 is 1.43 bits per heavy atom. The Morgan fingerprint density at radius 3 is 2.62 bits per heavy atom. The average Bonchev–Trinajstić information content (AvgIpc) is 2.41. The van der Waals surface area contributed by atoms with E-state index in [4.69, 9.17) is 5.73 Å². The molecule has 2 rings (SSSR count). The lowest BCUT2D eigenvalue weighted by Gasteiger charge is -2.42. The van der Waals surface area contributed by atoms with E-state index in [-0.39, 0.29) is 41.0 Å². The van der Waals surface area contributed by atoms with Crippen LogP contribution in [0, 0.1) is 15.5 Å². The van der Waals surface area contributed by atoms with Crippen LogP contribution >= 0.6 is 12.4 Å². The summed E-state index contributed by atoms with van der Waals surface area (Å²) in [6.07, 6.45) is 0.708. The smallest absolute Gasteiger partial charge is 0.282 e. The zero-order valence-corrected chi connectivity index (χ0v) is 12.9. The van der Waals surface area contributed by atoms with Crippen molar-refractivity contribution in [3.05, 3.63) is 39.9 Å². The second-order valence-electron chi connectivity index (χ2n) is 5.88. The molecular formula is C14H20ClN3O3. The fourth-order valence-electron chi connectivity index (χ4n) is 2.53. The third-order valence-corrected chi connectivity index (χ3v) is 3.93. The minimum absolute atomic E-state index is 0. The number of halogens is 1. The monoisotopic (exact) mass is 313 g/mol. The van der Waals surface area contributed by atoms with E-state index < -0.39 is 4.92 Å². The van der Waals surface area contributed by atoms with Crippen LogP contribution < -0.4 is 5.73 Å². The van der Waals surface area contributed by atoms with Gasteiger partial charge in [-0.15, -0.1) is 12.4 Å². The number of rotatable bonds is 2. The summed E-state index contributed by atoms with van der Waals surface area (Å²) in [5.41, 5.74) is 5.86. The third kappa shape index (κ3) is 3.51. The van der Waals surface area contributed by atoms with Crippen molar-refractivity contribution in [1.82, 2.24) is 4.90 Å². The molecule has 1 amide bonds. The van der Waals surface area contributed by atoms with Crippen LogP contribution in [-0.2, 0) is 0 Å².